The van der Waals surface area contributed by atoms with E-state index in [2.05, 4.69) is 0 Å². The topological polar surface area (TPSA) is 64.2 Å². The molecule has 7 nitrogen and oxygen atoms in total. The van der Waals surface area contributed by atoms with E-state index >= 15 is 0 Å². The van der Waals surface area contributed by atoms with Crippen LogP contribution in [-0.2, 0) is 4.79 Å². The van der Waals surface area contributed by atoms with E-state index in [1.165, 1.54) is 4.90 Å². The van der Waals surface area contributed by atoms with E-state index in [4.69, 9.17) is 0 Å². The molecule has 0 unspecified atom stereocenters. The third-order valence-corrected chi connectivity index (χ3v) is 4.79. The molecule has 0 aromatic heterocycles. The normalized spacial score (nSPS) is 20.4. The fourth-order valence-corrected chi connectivity index (χ4v) is 3.36. The Hall–Kier alpha value is -2.57. The second kappa shape index (κ2) is 6.38. The molecule has 134 valence electrons. The Kier molecular flexibility index (Phi) is 4.41. The monoisotopic (exact) mass is 344 g/mol. The minimum absolute atomic E-state index is 0.104. The van der Waals surface area contributed by atoms with Gasteiger partial charge in [0.15, 0.2) is 0 Å². The van der Waals surface area contributed by atoms with Gasteiger partial charge in [0.2, 0.25) is 0 Å². The van der Waals surface area contributed by atoms with Crippen LogP contribution in [0.25, 0.3) is 0 Å². The molecule has 1 aromatic carbocycles. The number of urea groups is 1. The van der Waals surface area contributed by atoms with Crippen molar-refractivity contribution in [1.29, 1.82) is 0 Å². The molecular weight excluding hydrogens is 320 g/mol. The summed E-state index contributed by atoms with van der Waals surface area (Å²) >= 11 is 0. The predicted molar refractivity (Wildman–Crippen MR) is 94.5 cm³/mol. The molecular formula is C18H24N4O3. The average Bonchev–Trinajstić information content (AvgIpc) is 2.85. The summed E-state index contributed by atoms with van der Waals surface area (Å²) in [6.45, 7) is 4.73. The number of anilines is 1. The van der Waals surface area contributed by atoms with Crippen molar-refractivity contribution in [2.24, 2.45) is 0 Å². The van der Waals surface area contributed by atoms with Crippen LogP contribution in [-0.4, -0.2) is 78.4 Å². The lowest BCUT2D eigenvalue weighted by Crippen LogP contribution is -2.54. The summed E-state index contributed by atoms with van der Waals surface area (Å²) in [7, 11) is 3.89. The van der Waals surface area contributed by atoms with E-state index in [0.29, 0.717) is 18.7 Å². The van der Waals surface area contributed by atoms with Crippen LogP contribution in [0.3, 0.4) is 0 Å². The molecule has 0 spiro atoms. The van der Waals surface area contributed by atoms with Gasteiger partial charge in [0.05, 0.1) is 6.54 Å². The molecule has 2 saturated heterocycles. The van der Waals surface area contributed by atoms with Gasteiger partial charge in [-0.1, -0.05) is 0 Å². The van der Waals surface area contributed by atoms with Crippen LogP contribution in [0, 0.1) is 0 Å². The van der Waals surface area contributed by atoms with Crippen LogP contribution in [0.4, 0.5) is 10.5 Å². The number of amides is 4. The second-order valence-electron chi connectivity index (χ2n) is 6.99. The first kappa shape index (κ1) is 17.3. The number of carbonyl (C=O) groups is 3. The third-order valence-electron chi connectivity index (χ3n) is 4.79. The van der Waals surface area contributed by atoms with Crippen LogP contribution in [0.1, 0.15) is 24.2 Å². The number of hydrogen-bond acceptors (Lipinski definition) is 4. The van der Waals surface area contributed by atoms with Gasteiger partial charge < -0.3 is 14.7 Å². The molecule has 2 aliphatic rings. The number of imide groups is 1. The van der Waals surface area contributed by atoms with Crippen molar-refractivity contribution >= 4 is 23.5 Å². The number of piperazine rings is 1. The largest absolute Gasteiger partial charge is 0.378 e. The highest BCUT2D eigenvalue weighted by molar-refractivity contribution is 6.05. The molecule has 2 fully saturated rings. The number of benzene rings is 1. The Morgan fingerprint density at radius 2 is 1.76 bits per heavy atom. The lowest BCUT2D eigenvalue weighted by atomic mass is 10.1. The van der Waals surface area contributed by atoms with Crippen molar-refractivity contribution in [3.05, 3.63) is 29.8 Å². The van der Waals surface area contributed by atoms with Gasteiger partial charge in [-0.3, -0.25) is 14.5 Å². The van der Waals surface area contributed by atoms with Gasteiger partial charge in [-0.15, -0.1) is 0 Å². The number of nitrogens with zero attached hydrogens (tertiary/aromatic N) is 4. The third kappa shape index (κ3) is 2.94. The lowest BCUT2D eigenvalue weighted by molar-refractivity contribution is -0.130. The minimum atomic E-state index is -0.561. The van der Waals surface area contributed by atoms with E-state index < -0.39 is 6.04 Å². The lowest BCUT2D eigenvalue weighted by Gasteiger charge is -2.35. The van der Waals surface area contributed by atoms with E-state index in [1.807, 2.05) is 45.0 Å². The highest BCUT2D eigenvalue weighted by atomic mass is 16.2. The Morgan fingerprint density at radius 3 is 2.32 bits per heavy atom. The fourth-order valence-electron chi connectivity index (χ4n) is 3.36. The molecule has 3 rings (SSSR count). The van der Waals surface area contributed by atoms with Crippen molar-refractivity contribution in [1.82, 2.24) is 14.7 Å². The molecule has 1 atom stereocenters. The molecule has 0 saturated carbocycles. The van der Waals surface area contributed by atoms with Crippen LogP contribution in [0.5, 0.6) is 0 Å². The summed E-state index contributed by atoms with van der Waals surface area (Å²) in [5.41, 5.74) is 1.61. The predicted octanol–water partition coefficient (Wildman–Crippen LogP) is 1.25. The second-order valence-corrected chi connectivity index (χ2v) is 6.99. The summed E-state index contributed by atoms with van der Waals surface area (Å²) in [6, 6.07) is 6.41. The van der Waals surface area contributed by atoms with Gasteiger partial charge in [-0.2, -0.15) is 0 Å². The molecule has 0 radical (unpaired) electrons. The highest BCUT2D eigenvalue weighted by Crippen LogP contribution is 2.25. The van der Waals surface area contributed by atoms with Gasteiger partial charge >= 0.3 is 6.03 Å². The van der Waals surface area contributed by atoms with Crippen molar-refractivity contribution in [3.8, 4) is 0 Å². The van der Waals surface area contributed by atoms with Crippen LogP contribution < -0.4 is 4.90 Å². The van der Waals surface area contributed by atoms with Gasteiger partial charge in [-0.05, 0) is 38.1 Å². The SMILES string of the molecule is CC(C)N1C(=O)[C@@H]2CN(C(=O)c3ccc(N(C)C)cc3)CCN2C1=O. The van der Waals surface area contributed by atoms with E-state index in [-0.39, 0.29) is 30.4 Å². The summed E-state index contributed by atoms with van der Waals surface area (Å²) in [4.78, 5) is 44.2. The summed E-state index contributed by atoms with van der Waals surface area (Å²) in [6.07, 6.45) is 0. The maximum atomic E-state index is 12.8. The fraction of sp³-hybridized carbons (Fsp3) is 0.500. The standard InChI is InChI=1S/C18H24N4O3/c1-12(2)22-17(24)15-11-20(9-10-21(15)18(22)25)16(23)13-5-7-14(8-6-13)19(3)4/h5-8,12,15H,9-11H2,1-4H3/t15-/m0/s1. The molecule has 2 aliphatic heterocycles. The maximum absolute atomic E-state index is 12.8. The van der Waals surface area contributed by atoms with Crippen molar-refractivity contribution in [2.75, 3.05) is 38.6 Å². The molecule has 2 heterocycles. The van der Waals surface area contributed by atoms with Crippen molar-refractivity contribution in [2.45, 2.75) is 25.9 Å². The highest BCUT2D eigenvalue weighted by Gasteiger charge is 2.49. The average molecular weight is 344 g/mol. The first-order valence-corrected chi connectivity index (χ1v) is 8.51. The van der Waals surface area contributed by atoms with Crippen molar-refractivity contribution in [3.63, 3.8) is 0 Å². The summed E-state index contributed by atoms with van der Waals surface area (Å²) in [5.74, 6) is -0.311. The number of fused-ring (bicyclic) bond motifs is 1. The molecule has 0 N–H and O–H groups in total. The number of rotatable bonds is 3. The Labute approximate surface area is 147 Å². The number of carbonyl (C=O) groups excluding carboxylic acids is 3. The van der Waals surface area contributed by atoms with Crippen LogP contribution >= 0.6 is 0 Å². The van der Waals surface area contributed by atoms with Crippen LogP contribution in [0.15, 0.2) is 24.3 Å². The summed E-state index contributed by atoms with van der Waals surface area (Å²) < 4.78 is 0. The van der Waals surface area contributed by atoms with Gasteiger partial charge in [0.25, 0.3) is 11.8 Å². The van der Waals surface area contributed by atoms with Gasteiger partial charge in [-0.25, -0.2) is 4.79 Å². The quantitative estimate of drug-likeness (QED) is 0.774. The van der Waals surface area contributed by atoms with E-state index in [1.54, 1.807) is 21.9 Å². The van der Waals surface area contributed by atoms with Crippen LogP contribution in [0.2, 0.25) is 0 Å². The zero-order valence-electron chi connectivity index (χ0n) is 15.1. The van der Waals surface area contributed by atoms with Gasteiger partial charge in [0, 0.05) is 44.5 Å². The molecule has 7 heteroatoms. The zero-order valence-corrected chi connectivity index (χ0v) is 15.1. The smallest absolute Gasteiger partial charge is 0.327 e. The summed E-state index contributed by atoms with van der Waals surface area (Å²) in [5, 5.41) is 0. The molecule has 0 aliphatic carbocycles. The van der Waals surface area contributed by atoms with Gasteiger partial charge in [0.1, 0.15) is 6.04 Å². The van der Waals surface area contributed by atoms with Crippen molar-refractivity contribution < 1.29 is 14.4 Å². The maximum Gasteiger partial charge on any atom is 0.327 e. The first-order valence-electron chi connectivity index (χ1n) is 8.51. The molecule has 25 heavy (non-hydrogen) atoms. The zero-order chi connectivity index (χ0) is 18.3. The Morgan fingerprint density at radius 1 is 1.12 bits per heavy atom. The molecule has 1 aromatic rings. The molecule has 0 bridgehead atoms. The van der Waals surface area contributed by atoms with E-state index in [9.17, 15) is 14.4 Å². The molecule has 4 amide bonds. The minimum Gasteiger partial charge on any atom is -0.378 e. The number of hydrogen-bond donors (Lipinski definition) is 0. The van der Waals surface area contributed by atoms with E-state index in [0.717, 1.165) is 5.69 Å². The first-order chi connectivity index (χ1) is 11.8. The Bertz CT molecular complexity index is 699. The Balaban J connectivity index is 1.75.